The first-order valence-corrected chi connectivity index (χ1v) is 34.0. The number of hydrogen-bond acceptors (Lipinski definition) is 24. The first-order valence-electron chi connectivity index (χ1n) is 32.9. The van der Waals surface area contributed by atoms with Crippen molar-refractivity contribution in [3.05, 3.63) is 176 Å². The minimum Gasteiger partial charge on any atom is -0.508 e. The number of aromatic hydroxyl groups is 3. The quantitative estimate of drug-likeness (QED) is 0.0832. The molecule has 6 amide bonds. The molecule has 34 heteroatoms. The topological polar surface area (TPSA) is 501 Å². The first kappa shape index (κ1) is 75.7. The monoisotopic (exact) mass is 1520 g/mol. The number of rotatable bonds is 12. The van der Waals surface area contributed by atoms with E-state index in [2.05, 4.69) is 31.9 Å². The van der Waals surface area contributed by atoms with Gasteiger partial charge in [-0.2, -0.15) is 0 Å². The van der Waals surface area contributed by atoms with Crippen molar-refractivity contribution in [2.75, 3.05) is 6.61 Å². The summed E-state index contributed by atoms with van der Waals surface area (Å²) >= 11 is 20.2. The number of carboxylic acids is 1. The number of amides is 6. The molecule has 1 unspecified atom stereocenters. The van der Waals surface area contributed by atoms with E-state index in [0.717, 1.165) is 83.4 Å². The predicted octanol–water partition coefficient (Wildman–Crippen LogP) is 3.47. The van der Waals surface area contributed by atoms with Gasteiger partial charge < -0.3 is 123 Å². The zero-order chi connectivity index (χ0) is 76.1. The Labute approximate surface area is 616 Å². The van der Waals surface area contributed by atoms with E-state index in [1.54, 1.807) is 26.0 Å². The van der Waals surface area contributed by atoms with Crippen molar-refractivity contribution in [2.45, 2.75) is 136 Å². The number of aliphatic carboxylic acids is 1. The molecule has 0 aliphatic carbocycles. The number of fused-ring (bicyclic) bond motifs is 15. The molecule has 7 aliphatic rings. The lowest BCUT2D eigenvalue weighted by molar-refractivity contribution is -0.334. The fourth-order valence-electron chi connectivity index (χ4n) is 13.2. The van der Waals surface area contributed by atoms with Gasteiger partial charge in [-0.25, -0.2) is 4.79 Å². The molecule has 7 aromatic carbocycles. The molecule has 7 heterocycles. The summed E-state index contributed by atoms with van der Waals surface area (Å²) in [5.41, 5.74) is 10.7. The van der Waals surface area contributed by atoms with Crippen LogP contribution in [0.25, 0.3) is 22.3 Å². The van der Waals surface area contributed by atoms with Gasteiger partial charge in [-0.3, -0.25) is 28.8 Å². The molecule has 0 aromatic heterocycles. The smallest absolute Gasteiger partial charge is 0.330 e. The minimum absolute atomic E-state index is 0.0984. The fourth-order valence-corrected chi connectivity index (χ4v) is 13.8. The Morgan fingerprint density at radius 2 is 1.24 bits per heavy atom. The van der Waals surface area contributed by atoms with Crippen LogP contribution in [0.4, 0.5) is 0 Å². The van der Waals surface area contributed by atoms with E-state index in [9.17, 15) is 70.2 Å². The second-order valence-electron chi connectivity index (χ2n) is 26.3. The third-order valence-electron chi connectivity index (χ3n) is 18.9. The van der Waals surface area contributed by atoms with Crippen molar-refractivity contribution < 1.29 is 113 Å². The number of carbonyl (C=O) groups excluding carboxylic acids is 6. The van der Waals surface area contributed by atoms with Gasteiger partial charge in [0.15, 0.2) is 29.9 Å². The number of nitrogens with two attached hydrogens (primary N) is 2. The Kier molecular flexibility index (Phi) is 22.1. The van der Waals surface area contributed by atoms with E-state index in [1.807, 2.05) is 36.4 Å². The summed E-state index contributed by atoms with van der Waals surface area (Å²) in [7, 11) is 0. The Balaban J connectivity index is 1.02. The van der Waals surface area contributed by atoms with Crippen LogP contribution < -0.4 is 57.6 Å². The Hall–Kier alpha value is -9.94. The van der Waals surface area contributed by atoms with Crippen molar-refractivity contribution in [1.82, 2.24) is 31.9 Å². The number of ether oxygens (including phenoxy) is 6. The average molecular weight is 1520 g/mol. The number of aliphatic hydroxyl groups is 6. The van der Waals surface area contributed by atoms with Crippen LogP contribution in [0.15, 0.2) is 127 Å². The van der Waals surface area contributed by atoms with Gasteiger partial charge in [-0.15, -0.1) is 0 Å². The Bertz CT molecular complexity index is 4600. The van der Waals surface area contributed by atoms with Crippen LogP contribution in [-0.4, -0.2) is 172 Å². The standard InChI is InChI=1S/C72H71Cl3N8O23/c1-28-64(93)72(2,78-26-29-3-5-30(6-4-29)31-7-12-36(73)13-8-31)25-51(101-28)105-63-61(92)60(91)49(27-84)104-71(63)106-62-47-20-35-21-48(62)103-46-16-11-34(19-41(46)75)59(90)57-69(98)82-56(70(99)100)39-22-37(85)23-44(87)52(39)38-17-32(9-14-43(38)86)54(67(96)83-57)81-68(97)55(35)80-65(94)42(24-50(76)88)79-66(95)53(77)58(89)33-10-15-45(102-47)40(74)18-33/h3-23,28,42,49,51,53-61,63-64,71,78,84-87,89-93H,24-27,77H2,1-2H3,(H2,76,88)(H,79,95)(H,80,94)(H,81,97)(H,82,98)(H,83,96)(H,99,100)/t28-,42-,49+,51-,53+,54+,55+,56?,57-,58+,59+,60+,61-,63+,64+,71-,72-/m0/s1. The van der Waals surface area contributed by atoms with Crippen LogP contribution in [0.3, 0.4) is 0 Å². The van der Waals surface area contributed by atoms with Crippen molar-refractivity contribution in [1.29, 1.82) is 0 Å². The summed E-state index contributed by atoms with van der Waals surface area (Å²) in [4.78, 5) is 101. The second-order valence-corrected chi connectivity index (χ2v) is 27.5. The summed E-state index contributed by atoms with van der Waals surface area (Å²) in [6.07, 6.45) is -18.4. The number of phenols is 3. The predicted molar refractivity (Wildman–Crippen MR) is 373 cm³/mol. The van der Waals surface area contributed by atoms with Crippen molar-refractivity contribution >= 4 is 76.2 Å². The third-order valence-corrected chi connectivity index (χ3v) is 19.8. The minimum atomic E-state index is -2.30. The zero-order valence-corrected chi connectivity index (χ0v) is 58.0. The van der Waals surface area contributed by atoms with Crippen LogP contribution in [0.5, 0.6) is 46.0 Å². The number of primary amides is 1. The van der Waals surface area contributed by atoms with Crippen LogP contribution in [-0.2, 0) is 54.3 Å². The van der Waals surface area contributed by atoms with E-state index in [1.165, 1.54) is 12.1 Å². The number of phenolic OH excluding ortho intramolecular Hbond substituents is 3. The summed E-state index contributed by atoms with van der Waals surface area (Å²) in [6.45, 7) is 2.55. The normalized spacial score (nSPS) is 28.2. The molecule has 2 fully saturated rings. The zero-order valence-electron chi connectivity index (χ0n) is 55.8. The number of benzene rings is 7. The van der Waals surface area contributed by atoms with Crippen LogP contribution in [0.1, 0.15) is 90.4 Å². The molecule has 0 radical (unpaired) electrons. The molecular formula is C72H71Cl3N8O23. The molecule has 7 aromatic rings. The van der Waals surface area contributed by atoms with E-state index in [-0.39, 0.29) is 46.2 Å². The van der Waals surface area contributed by atoms with E-state index in [0.29, 0.717) is 5.02 Å². The lowest BCUT2D eigenvalue weighted by atomic mass is 9.84. The molecule has 558 valence electrons. The van der Waals surface area contributed by atoms with E-state index < -0.39 is 219 Å². The van der Waals surface area contributed by atoms with Gasteiger partial charge in [0.2, 0.25) is 47.5 Å². The molecular weight excluding hydrogens is 1450 g/mol. The van der Waals surface area contributed by atoms with Gasteiger partial charge in [0.05, 0.1) is 35.3 Å². The van der Waals surface area contributed by atoms with Gasteiger partial charge >= 0.3 is 5.97 Å². The lowest BCUT2D eigenvalue weighted by Gasteiger charge is -2.48. The third kappa shape index (κ3) is 15.7. The highest BCUT2D eigenvalue weighted by atomic mass is 35.5. The van der Waals surface area contributed by atoms with E-state index in [4.69, 9.17) is 74.7 Å². The number of carbonyl (C=O) groups is 7. The number of carboxylic acid groups (broad SMARTS) is 1. The highest BCUT2D eigenvalue weighted by Crippen LogP contribution is 2.50. The van der Waals surface area contributed by atoms with Crippen molar-refractivity contribution in [3.8, 4) is 68.2 Å². The molecule has 17 atom stereocenters. The number of nitrogens with one attached hydrogen (secondary N) is 6. The Morgan fingerprint density at radius 3 is 1.85 bits per heavy atom. The molecule has 0 spiro atoms. The van der Waals surface area contributed by atoms with Crippen molar-refractivity contribution in [2.24, 2.45) is 11.5 Å². The summed E-state index contributed by atoms with van der Waals surface area (Å²) in [6, 6.07) is 15.8. The maximum absolute atomic E-state index is 15.9. The molecule has 7 aliphatic heterocycles. The molecule has 0 saturated carbocycles. The number of halogens is 3. The van der Waals surface area contributed by atoms with E-state index >= 15 is 14.4 Å². The highest BCUT2D eigenvalue weighted by Gasteiger charge is 2.52. The maximum Gasteiger partial charge on any atom is 0.330 e. The van der Waals surface area contributed by atoms with Crippen LogP contribution >= 0.6 is 34.8 Å². The van der Waals surface area contributed by atoms with Crippen molar-refractivity contribution in [3.63, 3.8) is 0 Å². The van der Waals surface area contributed by atoms with Gasteiger partial charge in [0.25, 0.3) is 0 Å². The summed E-state index contributed by atoms with van der Waals surface area (Å²) in [5, 5.41) is 130. The van der Waals surface area contributed by atoms with Gasteiger partial charge in [0.1, 0.15) is 89.5 Å². The summed E-state index contributed by atoms with van der Waals surface area (Å²) in [5.74, 6) is -14.7. The van der Waals surface area contributed by atoms with Crippen LogP contribution in [0.2, 0.25) is 15.1 Å². The number of aliphatic hydroxyl groups excluding tert-OH is 6. The van der Waals surface area contributed by atoms with Crippen LogP contribution in [0, 0.1) is 0 Å². The fraction of sp³-hybridized carbons (Fsp3) is 0.319. The molecule has 106 heavy (non-hydrogen) atoms. The second kappa shape index (κ2) is 30.9. The summed E-state index contributed by atoms with van der Waals surface area (Å²) < 4.78 is 39.1. The highest BCUT2D eigenvalue weighted by molar-refractivity contribution is 6.32. The lowest BCUT2D eigenvalue weighted by Crippen LogP contribution is -2.65. The molecule has 2 saturated heterocycles. The SMILES string of the molecule is C[C@@H]1O[C@@H](O[C@H]2[C@H](Oc3c4cc5cc3Oc3ccc(cc3Cl)[C@@H](O)[C@@H](N)C(=O)N[C@@H](CC(N)=O)C(=O)N[C@H]5C(=O)N[C@H]3C(=O)N[C@H](C(=O)NC(C(=O)O)c5cc(O)cc(O)c5-c5cc3ccc5O)[C@H](O)c3ccc(c(Cl)c3)O4)O[C@H](CO)[C@@H](O)[C@@H]2O)C[C@](C)(NCc2ccc(-c3ccc(Cl)cc3)cc2)[C@@H]1O. The van der Waals surface area contributed by atoms with Gasteiger partial charge in [-0.1, -0.05) is 89.4 Å². The average Bonchev–Trinajstić information content (AvgIpc) is 0.768. The molecule has 31 nitrogen and oxygen atoms in total. The number of hydrogen-bond donors (Lipinski definition) is 18. The largest absolute Gasteiger partial charge is 0.508 e. The van der Waals surface area contributed by atoms with Gasteiger partial charge in [-0.05, 0) is 120 Å². The molecule has 11 bridgehead atoms. The molecule has 14 rings (SSSR count). The van der Waals surface area contributed by atoms with Gasteiger partial charge in [0, 0.05) is 46.3 Å². The molecule has 20 N–H and O–H groups in total. The Morgan fingerprint density at radius 1 is 0.642 bits per heavy atom. The first-order chi connectivity index (χ1) is 50.4. The maximum atomic E-state index is 15.9.